The predicted molar refractivity (Wildman–Crippen MR) is 69.7 cm³/mol. The van der Waals surface area contributed by atoms with Gasteiger partial charge in [0.2, 0.25) is 0 Å². The van der Waals surface area contributed by atoms with E-state index < -0.39 is 6.72 Å². The van der Waals surface area contributed by atoms with Gasteiger partial charge >= 0.3 is 6.72 Å². The van der Waals surface area contributed by atoms with Gasteiger partial charge in [-0.2, -0.15) is 0 Å². The number of hydrogen-bond acceptors (Lipinski definition) is 5. The Morgan fingerprint density at radius 2 is 2.12 bits per heavy atom. The molecule has 0 bridgehead atoms. The van der Waals surface area contributed by atoms with E-state index in [1.807, 2.05) is 13.8 Å². The van der Waals surface area contributed by atoms with Gasteiger partial charge in [0, 0.05) is 13.1 Å². The van der Waals surface area contributed by atoms with Crippen LogP contribution < -0.4 is 5.09 Å². The normalized spacial score (nSPS) is 14.7. The van der Waals surface area contributed by atoms with Gasteiger partial charge in [-0.15, -0.1) is 0 Å². The molecule has 0 fully saturated rings. The van der Waals surface area contributed by atoms with Gasteiger partial charge < -0.3 is 4.52 Å². The number of nitrogens with zero attached hydrogens (tertiary/aromatic N) is 1. The zero-order valence-corrected chi connectivity index (χ0v) is 12.6. The van der Waals surface area contributed by atoms with Crippen molar-refractivity contribution in [1.29, 1.82) is 0 Å². The van der Waals surface area contributed by atoms with E-state index in [4.69, 9.17) is 9.36 Å². The first-order valence-corrected chi connectivity index (χ1v) is 8.53. The van der Waals surface area contributed by atoms with Crippen LogP contribution in [0, 0.1) is 0 Å². The molecule has 0 aromatic rings. The van der Waals surface area contributed by atoms with Crippen molar-refractivity contribution in [3.05, 3.63) is 0 Å². The van der Waals surface area contributed by atoms with Crippen molar-refractivity contribution in [2.75, 3.05) is 26.5 Å². The molecule has 0 spiro atoms. The summed E-state index contributed by atoms with van der Waals surface area (Å²) in [5, 5.41) is 3.95. The molecule has 0 aliphatic heterocycles. The standard InChI is InChI=1S/C9H21N2O4PS/c1-6-15-16(13,10-8(2)3)17-7-9(12)11(4)14-5/h8H,6-7H2,1-5H3,(H,10,13). The molecule has 1 unspecified atom stereocenters. The molecule has 0 rings (SSSR count). The molecule has 0 radical (unpaired) electrons. The van der Waals surface area contributed by atoms with Crippen molar-refractivity contribution in [2.24, 2.45) is 0 Å². The Hall–Kier alpha value is -0.0700. The first-order valence-electron chi connectivity index (χ1n) is 5.32. The molecule has 1 amide bonds. The predicted octanol–water partition coefficient (Wildman–Crippen LogP) is 1.88. The van der Waals surface area contributed by atoms with Crippen LogP contribution in [0.4, 0.5) is 0 Å². The van der Waals surface area contributed by atoms with Gasteiger partial charge in [-0.05, 0) is 32.2 Å². The summed E-state index contributed by atoms with van der Waals surface area (Å²) in [4.78, 5) is 16.2. The van der Waals surface area contributed by atoms with E-state index in [1.165, 1.54) is 14.2 Å². The van der Waals surface area contributed by atoms with E-state index in [2.05, 4.69) is 5.09 Å². The summed E-state index contributed by atoms with van der Waals surface area (Å²) >= 11 is 0.980. The van der Waals surface area contributed by atoms with E-state index in [0.717, 1.165) is 16.4 Å². The number of hydrogen-bond donors (Lipinski definition) is 1. The smallest absolute Gasteiger partial charge is 0.310 e. The molecule has 0 aromatic heterocycles. The maximum atomic E-state index is 12.3. The van der Waals surface area contributed by atoms with Gasteiger partial charge in [0.15, 0.2) is 0 Å². The third-order valence-corrected chi connectivity index (χ3v) is 5.88. The molecule has 17 heavy (non-hydrogen) atoms. The highest BCUT2D eigenvalue weighted by Crippen LogP contribution is 2.56. The monoisotopic (exact) mass is 284 g/mol. The van der Waals surface area contributed by atoms with Crippen LogP contribution in [-0.2, 0) is 18.7 Å². The van der Waals surface area contributed by atoms with E-state index in [1.54, 1.807) is 6.92 Å². The number of nitrogens with one attached hydrogen (secondary N) is 1. The number of carbonyl (C=O) groups is 1. The lowest BCUT2D eigenvalue weighted by molar-refractivity contribution is -0.165. The van der Waals surface area contributed by atoms with E-state index in [-0.39, 0.29) is 17.7 Å². The molecule has 0 saturated carbocycles. The van der Waals surface area contributed by atoms with Gasteiger partial charge in [0.25, 0.3) is 5.91 Å². The molecular formula is C9H21N2O4PS. The minimum absolute atomic E-state index is 0.0233. The Balaban J connectivity index is 4.36. The highest BCUT2D eigenvalue weighted by Gasteiger charge is 2.26. The van der Waals surface area contributed by atoms with Crippen LogP contribution in [0.15, 0.2) is 0 Å². The van der Waals surface area contributed by atoms with E-state index in [9.17, 15) is 9.36 Å². The Labute approximate surface area is 107 Å². The molecule has 0 aliphatic carbocycles. The fourth-order valence-corrected chi connectivity index (χ4v) is 4.83. The number of rotatable bonds is 8. The maximum Gasteiger partial charge on any atom is 0.327 e. The minimum Gasteiger partial charge on any atom is -0.310 e. The fourth-order valence-electron chi connectivity index (χ4n) is 0.931. The first-order chi connectivity index (χ1) is 7.84. The zero-order valence-electron chi connectivity index (χ0n) is 10.9. The van der Waals surface area contributed by atoms with Crippen molar-refractivity contribution in [2.45, 2.75) is 26.8 Å². The summed E-state index contributed by atoms with van der Waals surface area (Å²) in [6.07, 6.45) is 0. The van der Waals surface area contributed by atoms with Crippen LogP contribution in [0.2, 0.25) is 0 Å². The Bertz CT molecular complexity index is 288. The van der Waals surface area contributed by atoms with Crippen molar-refractivity contribution in [1.82, 2.24) is 10.2 Å². The molecule has 1 N–H and O–H groups in total. The lowest BCUT2D eigenvalue weighted by atomic mass is 10.4. The van der Waals surface area contributed by atoms with Crippen molar-refractivity contribution in [3.63, 3.8) is 0 Å². The van der Waals surface area contributed by atoms with E-state index >= 15 is 0 Å². The van der Waals surface area contributed by atoms with Crippen molar-refractivity contribution in [3.8, 4) is 0 Å². The highest BCUT2D eigenvalue weighted by atomic mass is 32.7. The lowest BCUT2D eigenvalue weighted by Crippen LogP contribution is -2.28. The average Bonchev–Trinajstić information content (AvgIpc) is 2.24. The lowest BCUT2D eigenvalue weighted by Gasteiger charge is -2.21. The third-order valence-electron chi connectivity index (χ3n) is 1.70. The van der Waals surface area contributed by atoms with Crippen LogP contribution >= 0.6 is 18.1 Å². The summed E-state index contributed by atoms with van der Waals surface area (Å²) in [7, 11) is 2.90. The zero-order chi connectivity index (χ0) is 13.5. The SMILES string of the molecule is CCOP(=O)(NC(C)C)SCC(=O)N(C)OC. The van der Waals surface area contributed by atoms with Gasteiger partial charge in [-0.1, -0.05) is 0 Å². The first kappa shape index (κ1) is 16.9. The molecular weight excluding hydrogens is 263 g/mol. The summed E-state index contributed by atoms with van der Waals surface area (Å²) in [5.41, 5.74) is 0. The Morgan fingerprint density at radius 1 is 1.53 bits per heavy atom. The molecule has 8 heteroatoms. The Kier molecular flexibility index (Phi) is 8.07. The summed E-state index contributed by atoms with van der Waals surface area (Å²) in [5.74, 6) is -0.218. The highest BCUT2D eigenvalue weighted by molar-refractivity contribution is 8.56. The minimum atomic E-state index is -3.02. The van der Waals surface area contributed by atoms with Gasteiger partial charge in [0.1, 0.15) is 0 Å². The molecule has 0 aliphatic rings. The number of hydroxylamine groups is 2. The Morgan fingerprint density at radius 3 is 2.53 bits per heavy atom. The fraction of sp³-hybridized carbons (Fsp3) is 0.889. The number of amides is 1. The molecule has 0 heterocycles. The molecule has 1 atom stereocenters. The quantitative estimate of drug-likeness (QED) is 0.542. The molecule has 102 valence electrons. The molecule has 0 saturated heterocycles. The second kappa shape index (κ2) is 8.11. The molecule has 0 aromatic carbocycles. The summed E-state index contributed by atoms with van der Waals surface area (Å²) < 4.78 is 17.5. The van der Waals surface area contributed by atoms with Crippen LogP contribution in [0.1, 0.15) is 20.8 Å². The third kappa shape index (κ3) is 7.06. The second-order valence-corrected chi connectivity index (χ2v) is 7.82. The summed E-state index contributed by atoms with van der Waals surface area (Å²) in [6.45, 7) is 2.82. The maximum absolute atomic E-state index is 12.3. The van der Waals surface area contributed by atoms with Crippen molar-refractivity contribution < 1.29 is 18.7 Å². The van der Waals surface area contributed by atoms with Gasteiger partial charge in [-0.25, -0.2) is 10.2 Å². The van der Waals surface area contributed by atoms with Crippen LogP contribution in [-0.4, -0.2) is 43.5 Å². The molecule has 6 nitrogen and oxygen atoms in total. The van der Waals surface area contributed by atoms with Crippen molar-refractivity contribution >= 4 is 24.0 Å². The van der Waals surface area contributed by atoms with Crippen LogP contribution in [0.5, 0.6) is 0 Å². The van der Waals surface area contributed by atoms with Gasteiger partial charge in [0.05, 0.1) is 19.5 Å². The van der Waals surface area contributed by atoms with Crippen LogP contribution in [0.25, 0.3) is 0 Å². The van der Waals surface area contributed by atoms with Crippen LogP contribution in [0.3, 0.4) is 0 Å². The van der Waals surface area contributed by atoms with E-state index in [0.29, 0.717) is 6.61 Å². The largest absolute Gasteiger partial charge is 0.327 e. The van der Waals surface area contributed by atoms with Gasteiger partial charge in [-0.3, -0.25) is 14.2 Å². The topological polar surface area (TPSA) is 67.9 Å². The summed E-state index contributed by atoms with van der Waals surface area (Å²) in [6, 6.07) is 0.0233. The second-order valence-electron chi connectivity index (χ2n) is 3.55. The number of carbonyl (C=O) groups excluding carboxylic acids is 1. The average molecular weight is 284 g/mol.